The Kier molecular flexibility index (Phi) is 7.54. The molecule has 0 unspecified atom stereocenters. The summed E-state index contributed by atoms with van der Waals surface area (Å²) in [6.07, 6.45) is 1.30. The summed E-state index contributed by atoms with van der Waals surface area (Å²) in [7, 11) is 0. The SMILES string of the molecule is CCOC(=O)c1ccccc1NC(=O)N1CCC[C@@H]1C(=O)NCc1csc(-c2ccccc2)n1. The molecule has 1 atom stereocenters. The number of aromatic nitrogens is 1. The number of carbonyl (C=O) groups is 3. The molecule has 4 rings (SSSR count). The van der Waals surface area contributed by atoms with E-state index in [0.29, 0.717) is 25.2 Å². The number of anilines is 1. The fourth-order valence-electron chi connectivity index (χ4n) is 3.85. The highest BCUT2D eigenvalue weighted by Crippen LogP contribution is 2.24. The van der Waals surface area contributed by atoms with Crippen LogP contribution in [-0.4, -0.2) is 47.0 Å². The summed E-state index contributed by atoms with van der Waals surface area (Å²) >= 11 is 1.53. The van der Waals surface area contributed by atoms with Crippen molar-refractivity contribution in [2.24, 2.45) is 0 Å². The molecule has 3 amide bonds. The van der Waals surface area contributed by atoms with Crippen molar-refractivity contribution in [3.8, 4) is 10.6 Å². The zero-order chi connectivity index (χ0) is 23.9. The number of nitrogens with zero attached hydrogens (tertiary/aromatic N) is 2. The van der Waals surface area contributed by atoms with Gasteiger partial charge in [0.25, 0.3) is 0 Å². The van der Waals surface area contributed by atoms with Crippen molar-refractivity contribution in [3.63, 3.8) is 0 Å². The van der Waals surface area contributed by atoms with Crippen molar-refractivity contribution in [2.45, 2.75) is 32.4 Å². The van der Waals surface area contributed by atoms with Crippen molar-refractivity contribution in [2.75, 3.05) is 18.5 Å². The van der Waals surface area contributed by atoms with Crippen LogP contribution < -0.4 is 10.6 Å². The van der Waals surface area contributed by atoms with Crippen LogP contribution in [0.1, 0.15) is 35.8 Å². The van der Waals surface area contributed by atoms with Crippen LogP contribution in [0.15, 0.2) is 60.0 Å². The van der Waals surface area contributed by atoms with Gasteiger partial charge in [-0.25, -0.2) is 14.6 Å². The van der Waals surface area contributed by atoms with Gasteiger partial charge < -0.3 is 20.3 Å². The standard InChI is InChI=1S/C25H26N4O4S/c1-2-33-24(31)19-11-6-7-12-20(19)28-25(32)29-14-8-13-21(29)22(30)26-15-18-16-34-23(27-18)17-9-4-3-5-10-17/h3-7,9-12,16,21H,2,8,13-15H2,1H3,(H,26,30)(H,28,32)/t21-/m1/s1. The summed E-state index contributed by atoms with van der Waals surface area (Å²) in [5.74, 6) is -0.729. The maximum atomic E-state index is 13.0. The molecule has 0 saturated carbocycles. The van der Waals surface area contributed by atoms with Crippen LogP contribution in [0.4, 0.5) is 10.5 Å². The van der Waals surface area contributed by atoms with Gasteiger partial charge in [-0.2, -0.15) is 0 Å². The predicted molar refractivity (Wildman–Crippen MR) is 131 cm³/mol. The summed E-state index contributed by atoms with van der Waals surface area (Å²) < 4.78 is 5.07. The fraction of sp³-hybridized carbons (Fsp3) is 0.280. The van der Waals surface area contributed by atoms with Crippen LogP contribution in [0.25, 0.3) is 10.6 Å². The molecule has 2 aromatic carbocycles. The largest absolute Gasteiger partial charge is 0.462 e. The number of para-hydroxylation sites is 1. The van der Waals surface area contributed by atoms with Gasteiger partial charge in [0.2, 0.25) is 5.91 Å². The highest BCUT2D eigenvalue weighted by atomic mass is 32.1. The quantitative estimate of drug-likeness (QED) is 0.493. The number of amides is 3. The van der Waals surface area contributed by atoms with E-state index in [0.717, 1.165) is 22.7 Å². The lowest BCUT2D eigenvalue weighted by atomic mass is 10.2. The van der Waals surface area contributed by atoms with Crippen molar-refractivity contribution in [1.29, 1.82) is 0 Å². The molecule has 1 saturated heterocycles. The summed E-state index contributed by atoms with van der Waals surface area (Å²) in [6, 6.07) is 15.5. The smallest absolute Gasteiger partial charge is 0.340 e. The van der Waals surface area contributed by atoms with Gasteiger partial charge in [0, 0.05) is 17.5 Å². The monoisotopic (exact) mass is 478 g/mol. The molecule has 9 heteroatoms. The first-order chi connectivity index (χ1) is 16.6. The Hall–Kier alpha value is -3.72. The zero-order valence-corrected chi connectivity index (χ0v) is 19.6. The second-order valence-corrected chi connectivity index (χ2v) is 8.63. The predicted octanol–water partition coefficient (Wildman–Crippen LogP) is 4.30. The molecule has 3 aromatic rings. The molecule has 1 aliphatic heterocycles. The van der Waals surface area contributed by atoms with E-state index in [-0.39, 0.29) is 18.1 Å². The van der Waals surface area contributed by atoms with Crippen molar-refractivity contribution in [1.82, 2.24) is 15.2 Å². The highest BCUT2D eigenvalue weighted by Gasteiger charge is 2.34. The molecule has 34 heavy (non-hydrogen) atoms. The van der Waals surface area contributed by atoms with Crippen molar-refractivity contribution < 1.29 is 19.1 Å². The van der Waals surface area contributed by atoms with Crippen LogP contribution >= 0.6 is 11.3 Å². The number of rotatable bonds is 7. The minimum atomic E-state index is -0.581. The highest BCUT2D eigenvalue weighted by molar-refractivity contribution is 7.13. The third-order valence-electron chi connectivity index (χ3n) is 5.50. The molecular weight excluding hydrogens is 452 g/mol. The second kappa shape index (κ2) is 10.9. The van der Waals surface area contributed by atoms with Crippen LogP contribution in [0.3, 0.4) is 0 Å². The van der Waals surface area contributed by atoms with E-state index >= 15 is 0 Å². The van der Waals surface area contributed by atoms with Crippen LogP contribution in [-0.2, 0) is 16.1 Å². The molecule has 1 aliphatic rings. The van der Waals surface area contributed by atoms with Crippen LogP contribution in [0, 0.1) is 0 Å². The van der Waals surface area contributed by atoms with Crippen LogP contribution in [0.5, 0.6) is 0 Å². The number of carbonyl (C=O) groups excluding carboxylic acids is 3. The lowest BCUT2D eigenvalue weighted by Gasteiger charge is -2.24. The number of ether oxygens (including phenoxy) is 1. The molecular formula is C25H26N4O4S. The molecule has 1 aromatic heterocycles. The fourth-order valence-corrected chi connectivity index (χ4v) is 4.67. The van der Waals surface area contributed by atoms with Gasteiger partial charge >= 0.3 is 12.0 Å². The van der Waals surface area contributed by atoms with Gasteiger partial charge in [0.1, 0.15) is 11.0 Å². The first kappa shape index (κ1) is 23.4. The van der Waals surface area contributed by atoms with Gasteiger partial charge in [-0.3, -0.25) is 4.79 Å². The van der Waals surface area contributed by atoms with E-state index in [1.54, 1.807) is 31.2 Å². The molecule has 0 radical (unpaired) electrons. The molecule has 176 valence electrons. The summed E-state index contributed by atoms with van der Waals surface area (Å²) in [6.45, 7) is 2.71. The first-order valence-corrected chi connectivity index (χ1v) is 12.1. The third-order valence-corrected chi connectivity index (χ3v) is 6.44. The Morgan fingerprint density at radius 3 is 2.68 bits per heavy atom. The van der Waals surface area contributed by atoms with Crippen LogP contribution in [0.2, 0.25) is 0 Å². The number of esters is 1. The number of benzene rings is 2. The lowest BCUT2D eigenvalue weighted by molar-refractivity contribution is -0.124. The maximum absolute atomic E-state index is 13.0. The Labute approximate surface area is 202 Å². The molecule has 1 fully saturated rings. The number of urea groups is 1. The van der Waals surface area contributed by atoms with E-state index in [1.807, 2.05) is 35.7 Å². The van der Waals surface area contributed by atoms with E-state index < -0.39 is 18.0 Å². The number of likely N-dealkylation sites (tertiary alicyclic amines) is 1. The summed E-state index contributed by atoms with van der Waals surface area (Å²) in [4.78, 5) is 44.2. The number of nitrogens with one attached hydrogen (secondary N) is 2. The molecule has 0 spiro atoms. The average molecular weight is 479 g/mol. The number of hydrogen-bond donors (Lipinski definition) is 2. The number of thiazole rings is 1. The van der Waals surface area contributed by atoms with Gasteiger partial charge in [0.15, 0.2) is 0 Å². The number of hydrogen-bond acceptors (Lipinski definition) is 6. The molecule has 2 N–H and O–H groups in total. The zero-order valence-electron chi connectivity index (χ0n) is 18.8. The normalized spacial score (nSPS) is 15.1. The topological polar surface area (TPSA) is 101 Å². The van der Waals surface area contributed by atoms with Gasteiger partial charge in [0.05, 0.1) is 30.1 Å². The first-order valence-electron chi connectivity index (χ1n) is 11.2. The maximum Gasteiger partial charge on any atom is 0.340 e. The van der Waals surface area contributed by atoms with Gasteiger partial charge in [-0.1, -0.05) is 42.5 Å². The third kappa shape index (κ3) is 5.43. The van der Waals surface area contributed by atoms with E-state index in [4.69, 9.17) is 4.74 Å². The summed E-state index contributed by atoms with van der Waals surface area (Å²) in [5.41, 5.74) is 2.44. The second-order valence-electron chi connectivity index (χ2n) is 7.78. The Morgan fingerprint density at radius 2 is 1.88 bits per heavy atom. The Morgan fingerprint density at radius 1 is 1.12 bits per heavy atom. The molecule has 0 bridgehead atoms. The molecule has 0 aliphatic carbocycles. The Bertz CT molecular complexity index is 1160. The van der Waals surface area contributed by atoms with E-state index in [2.05, 4.69) is 15.6 Å². The van der Waals surface area contributed by atoms with E-state index in [1.165, 1.54) is 16.2 Å². The molecule has 8 nitrogen and oxygen atoms in total. The lowest BCUT2D eigenvalue weighted by Crippen LogP contribution is -2.47. The van der Waals surface area contributed by atoms with E-state index in [9.17, 15) is 14.4 Å². The summed E-state index contributed by atoms with van der Waals surface area (Å²) in [5, 5.41) is 8.50. The van der Waals surface area contributed by atoms with Gasteiger partial charge in [-0.15, -0.1) is 11.3 Å². The average Bonchev–Trinajstić information content (AvgIpc) is 3.54. The van der Waals surface area contributed by atoms with Gasteiger partial charge in [-0.05, 0) is 31.9 Å². The molecule has 2 heterocycles. The minimum absolute atomic E-state index is 0.222. The van der Waals surface area contributed by atoms with Crippen molar-refractivity contribution >= 4 is 34.9 Å². The van der Waals surface area contributed by atoms with Crippen molar-refractivity contribution in [3.05, 3.63) is 71.2 Å². The minimum Gasteiger partial charge on any atom is -0.462 e. The Balaban J connectivity index is 1.37.